The lowest BCUT2D eigenvalue weighted by molar-refractivity contribution is -0.0633. The van der Waals surface area contributed by atoms with Crippen LogP contribution in [0.3, 0.4) is 0 Å². The van der Waals surface area contributed by atoms with Crippen molar-refractivity contribution in [3.8, 4) is 6.07 Å². The molecule has 0 amide bonds. The molecule has 1 aliphatic heterocycles. The highest BCUT2D eigenvalue weighted by Gasteiger charge is 2.53. The largest absolute Gasteiger partial charge is 0.371 e. The average molecular weight is 331 g/mol. The Morgan fingerprint density at radius 2 is 2.08 bits per heavy atom. The number of para-hydroxylation sites is 2. The molecule has 2 heterocycles. The van der Waals surface area contributed by atoms with Gasteiger partial charge in [0.1, 0.15) is 0 Å². The molecule has 1 aromatic heterocycles. The first-order valence-electron chi connectivity index (χ1n) is 9.05. The lowest BCUT2D eigenvalue weighted by Crippen LogP contribution is -2.48. The summed E-state index contributed by atoms with van der Waals surface area (Å²) >= 11 is 0. The molecule has 2 aliphatic carbocycles. The van der Waals surface area contributed by atoms with Gasteiger partial charge in [0.05, 0.1) is 35.7 Å². The molecule has 2 aromatic rings. The minimum absolute atomic E-state index is 0.0846. The molecule has 5 nitrogen and oxygen atoms in total. The fourth-order valence-electron chi connectivity index (χ4n) is 4.85. The molecule has 1 spiro atoms. The normalized spacial score (nSPS) is 32.2. The summed E-state index contributed by atoms with van der Waals surface area (Å²) in [6.07, 6.45) is 11.7. The van der Waals surface area contributed by atoms with Gasteiger partial charge in [0, 0.05) is 24.4 Å². The molecule has 5 rings (SSSR count). The first-order valence-corrected chi connectivity index (χ1v) is 9.05. The van der Waals surface area contributed by atoms with E-state index in [4.69, 9.17) is 5.26 Å². The van der Waals surface area contributed by atoms with Gasteiger partial charge in [-0.2, -0.15) is 10.4 Å². The van der Waals surface area contributed by atoms with Gasteiger partial charge in [-0.25, -0.2) is 0 Å². The number of fused-ring (bicyclic) bond motifs is 1. The Hall–Kier alpha value is -2.61. The number of hydrogen-bond acceptors (Lipinski definition) is 4. The number of aromatic nitrogens is 2. The maximum Gasteiger partial charge on any atom is 0.0901 e. The van der Waals surface area contributed by atoms with Crippen LogP contribution < -0.4 is 5.32 Å². The molecule has 5 heteroatoms. The summed E-state index contributed by atoms with van der Waals surface area (Å²) in [6, 6.07) is 11.0. The first-order chi connectivity index (χ1) is 12.2. The second kappa shape index (κ2) is 5.45. The Morgan fingerprint density at radius 1 is 1.24 bits per heavy atom. The van der Waals surface area contributed by atoms with Crippen molar-refractivity contribution in [3.05, 3.63) is 42.2 Å². The van der Waals surface area contributed by atoms with E-state index in [0.717, 1.165) is 23.4 Å². The Kier molecular flexibility index (Phi) is 3.21. The van der Waals surface area contributed by atoms with Crippen LogP contribution in [0.2, 0.25) is 0 Å². The molecule has 0 bridgehead atoms. The van der Waals surface area contributed by atoms with Gasteiger partial charge in [0.15, 0.2) is 0 Å². The van der Waals surface area contributed by atoms with E-state index in [1.54, 1.807) is 0 Å². The second-order valence-electron chi connectivity index (χ2n) is 7.87. The minimum Gasteiger partial charge on any atom is -0.371 e. The maximum absolute atomic E-state index is 8.80. The summed E-state index contributed by atoms with van der Waals surface area (Å²) in [5.41, 5.74) is 3.74. The van der Waals surface area contributed by atoms with Crippen LogP contribution in [0.1, 0.15) is 49.8 Å². The standard InChI is InChI=1S/C20H21N5/c21-6-5-14-7-20(8-14)9-16(10-20)25-13-15(11-23-25)19-12-22-17-3-1-2-4-18(17)24-19/h1-4,11-14,16,19,24H,5,7-10H2. The SMILES string of the molecule is N#CCC1CC2(C1)CC(n1cc(C3C=Nc4ccccc4N3)cn1)C2. The number of rotatable bonds is 3. The highest BCUT2D eigenvalue weighted by atomic mass is 15.3. The number of anilines is 1. The maximum atomic E-state index is 8.80. The van der Waals surface area contributed by atoms with Crippen LogP contribution in [-0.4, -0.2) is 16.0 Å². The Bertz CT molecular complexity index is 860. The molecule has 1 N–H and O–H groups in total. The van der Waals surface area contributed by atoms with Gasteiger partial charge >= 0.3 is 0 Å². The summed E-state index contributed by atoms with van der Waals surface area (Å²) in [6.45, 7) is 0. The topological polar surface area (TPSA) is 66.0 Å². The van der Waals surface area contributed by atoms with E-state index in [1.165, 1.54) is 25.7 Å². The van der Waals surface area contributed by atoms with Crippen LogP contribution in [0.25, 0.3) is 0 Å². The molecule has 0 radical (unpaired) electrons. The van der Waals surface area contributed by atoms with Gasteiger partial charge < -0.3 is 5.32 Å². The van der Waals surface area contributed by atoms with E-state index in [2.05, 4.69) is 38.4 Å². The lowest BCUT2D eigenvalue weighted by Gasteiger charge is -2.57. The van der Waals surface area contributed by atoms with Crippen LogP contribution in [0.4, 0.5) is 11.4 Å². The zero-order valence-corrected chi connectivity index (χ0v) is 14.1. The molecule has 1 aromatic carbocycles. The van der Waals surface area contributed by atoms with Gasteiger partial charge in [-0.15, -0.1) is 0 Å². The predicted molar refractivity (Wildman–Crippen MR) is 96.8 cm³/mol. The molecular weight excluding hydrogens is 310 g/mol. The highest BCUT2D eigenvalue weighted by molar-refractivity contribution is 5.83. The number of aliphatic imine (C=N–C) groups is 1. The van der Waals surface area contributed by atoms with Crippen LogP contribution in [0.15, 0.2) is 41.7 Å². The van der Waals surface area contributed by atoms with Gasteiger partial charge in [-0.1, -0.05) is 12.1 Å². The van der Waals surface area contributed by atoms with Crippen LogP contribution >= 0.6 is 0 Å². The summed E-state index contributed by atoms with van der Waals surface area (Å²) < 4.78 is 2.13. The third kappa shape index (κ3) is 2.44. The molecule has 2 fully saturated rings. The Labute approximate surface area is 147 Å². The van der Waals surface area contributed by atoms with Gasteiger partial charge in [-0.3, -0.25) is 9.67 Å². The van der Waals surface area contributed by atoms with E-state index >= 15 is 0 Å². The molecular formula is C20H21N5. The minimum atomic E-state index is 0.0846. The Balaban J connectivity index is 1.24. The molecule has 3 aliphatic rings. The molecule has 0 saturated heterocycles. The average Bonchev–Trinajstić information content (AvgIpc) is 3.05. The molecule has 1 atom stereocenters. The Morgan fingerprint density at radius 3 is 2.92 bits per heavy atom. The van der Waals surface area contributed by atoms with Crippen LogP contribution in [-0.2, 0) is 0 Å². The van der Waals surface area contributed by atoms with E-state index in [0.29, 0.717) is 17.4 Å². The smallest absolute Gasteiger partial charge is 0.0901 e. The molecule has 25 heavy (non-hydrogen) atoms. The van der Waals surface area contributed by atoms with E-state index in [9.17, 15) is 0 Å². The predicted octanol–water partition coefficient (Wildman–Crippen LogP) is 4.40. The zero-order valence-electron chi connectivity index (χ0n) is 14.1. The summed E-state index contributed by atoms with van der Waals surface area (Å²) in [4.78, 5) is 4.56. The quantitative estimate of drug-likeness (QED) is 0.906. The number of benzene rings is 1. The van der Waals surface area contributed by atoms with E-state index in [-0.39, 0.29) is 6.04 Å². The molecule has 1 unspecified atom stereocenters. The fraction of sp³-hybridized carbons (Fsp3) is 0.450. The van der Waals surface area contributed by atoms with E-state index in [1.807, 2.05) is 30.6 Å². The van der Waals surface area contributed by atoms with Crippen molar-refractivity contribution in [3.63, 3.8) is 0 Å². The van der Waals surface area contributed by atoms with Crippen molar-refractivity contribution in [1.82, 2.24) is 9.78 Å². The van der Waals surface area contributed by atoms with Crippen LogP contribution in [0.5, 0.6) is 0 Å². The van der Waals surface area contributed by atoms with Crippen LogP contribution in [0, 0.1) is 22.7 Å². The fourth-order valence-corrected chi connectivity index (χ4v) is 4.85. The third-order valence-electron chi connectivity index (χ3n) is 6.09. The van der Waals surface area contributed by atoms with Crippen molar-refractivity contribution >= 4 is 17.6 Å². The van der Waals surface area contributed by atoms with Gasteiger partial charge in [0.25, 0.3) is 0 Å². The zero-order chi connectivity index (χ0) is 16.9. The van der Waals surface area contributed by atoms with Gasteiger partial charge in [-0.05, 0) is 49.1 Å². The monoisotopic (exact) mass is 331 g/mol. The number of nitrogens with one attached hydrogen (secondary N) is 1. The van der Waals surface area contributed by atoms with E-state index < -0.39 is 0 Å². The summed E-state index contributed by atoms with van der Waals surface area (Å²) in [5.74, 6) is 0.641. The third-order valence-corrected chi connectivity index (χ3v) is 6.09. The van der Waals surface area contributed by atoms with Crippen molar-refractivity contribution in [2.24, 2.45) is 16.3 Å². The highest BCUT2D eigenvalue weighted by Crippen LogP contribution is 2.63. The van der Waals surface area contributed by atoms with Crippen molar-refractivity contribution < 1.29 is 0 Å². The lowest BCUT2D eigenvalue weighted by atomic mass is 9.49. The second-order valence-corrected chi connectivity index (χ2v) is 7.87. The first kappa shape index (κ1) is 14.7. The van der Waals surface area contributed by atoms with Gasteiger partial charge in [0.2, 0.25) is 0 Å². The number of hydrogen-bond donors (Lipinski definition) is 1. The number of nitriles is 1. The molecule has 126 valence electrons. The molecule has 2 saturated carbocycles. The van der Waals surface area contributed by atoms with Crippen molar-refractivity contribution in [2.45, 2.75) is 44.2 Å². The summed E-state index contributed by atoms with van der Waals surface area (Å²) in [5, 5.41) is 16.9. The summed E-state index contributed by atoms with van der Waals surface area (Å²) in [7, 11) is 0. The number of nitrogens with zero attached hydrogens (tertiary/aromatic N) is 4. The van der Waals surface area contributed by atoms with Crippen molar-refractivity contribution in [2.75, 3.05) is 5.32 Å². The van der Waals surface area contributed by atoms with Crippen molar-refractivity contribution in [1.29, 1.82) is 5.26 Å².